The summed E-state index contributed by atoms with van der Waals surface area (Å²) in [5.41, 5.74) is 0. The fourth-order valence-corrected chi connectivity index (χ4v) is 0.748. The van der Waals surface area contributed by atoms with Crippen LogP contribution in [-0.2, 0) is 9.59 Å². The largest absolute Gasteiger partial charge is 0.480 e. The smallest absolute Gasteiger partial charge is 0.317 e. The highest BCUT2D eigenvalue weighted by Crippen LogP contribution is 1.81. The number of hydrogen-bond acceptors (Lipinski definition) is 4. The van der Waals surface area contributed by atoms with Gasteiger partial charge in [0, 0.05) is 6.54 Å². The third-order valence-electron chi connectivity index (χ3n) is 1.35. The predicted octanol–water partition coefficient (Wildman–Crippen LogP) is -1.84. The molecule has 0 rings (SSSR count). The summed E-state index contributed by atoms with van der Waals surface area (Å²) < 4.78 is 0. The summed E-state index contributed by atoms with van der Waals surface area (Å²) in [6.45, 7) is 1.43. The molecule has 6 nitrogen and oxygen atoms in total. The minimum atomic E-state index is -1.07. The Morgan fingerprint density at radius 1 is 1.46 bits per heavy atom. The zero-order chi connectivity index (χ0) is 10.3. The molecule has 0 radical (unpaired) electrons. The number of amides is 1. The molecule has 6 heteroatoms. The van der Waals surface area contributed by atoms with Gasteiger partial charge in [0.15, 0.2) is 0 Å². The Morgan fingerprint density at radius 3 is 2.46 bits per heavy atom. The molecule has 0 aromatic heterocycles. The zero-order valence-corrected chi connectivity index (χ0v) is 7.41. The summed E-state index contributed by atoms with van der Waals surface area (Å²) in [4.78, 5) is 21.2. The SMILES string of the molecule is CCNC(=O)C(CO)NCC(=O)O. The molecule has 4 N–H and O–H groups in total. The van der Waals surface area contributed by atoms with Gasteiger partial charge in [0.25, 0.3) is 0 Å². The topological polar surface area (TPSA) is 98.7 Å². The van der Waals surface area contributed by atoms with Gasteiger partial charge in [0.1, 0.15) is 6.04 Å². The fourth-order valence-electron chi connectivity index (χ4n) is 0.748. The van der Waals surface area contributed by atoms with Crippen LogP contribution in [0.2, 0.25) is 0 Å². The Kier molecular flexibility index (Phi) is 5.82. The lowest BCUT2D eigenvalue weighted by Crippen LogP contribution is -2.48. The number of carbonyl (C=O) groups is 2. The summed E-state index contributed by atoms with van der Waals surface area (Å²) in [5.74, 6) is -1.46. The van der Waals surface area contributed by atoms with Gasteiger partial charge in [-0.15, -0.1) is 0 Å². The maximum Gasteiger partial charge on any atom is 0.317 e. The van der Waals surface area contributed by atoms with Crippen LogP contribution in [0.25, 0.3) is 0 Å². The first-order valence-electron chi connectivity index (χ1n) is 3.95. The number of carbonyl (C=O) groups excluding carboxylic acids is 1. The van der Waals surface area contributed by atoms with Crippen LogP contribution in [-0.4, -0.2) is 47.8 Å². The molecule has 1 atom stereocenters. The number of nitrogens with one attached hydrogen (secondary N) is 2. The van der Waals surface area contributed by atoms with Gasteiger partial charge in [0.05, 0.1) is 13.2 Å². The quantitative estimate of drug-likeness (QED) is 0.394. The Bertz CT molecular complexity index is 183. The summed E-state index contributed by atoms with van der Waals surface area (Å²) >= 11 is 0. The highest BCUT2D eigenvalue weighted by molar-refractivity contribution is 5.82. The van der Waals surface area contributed by atoms with E-state index in [-0.39, 0.29) is 6.54 Å². The average Bonchev–Trinajstić information content (AvgIpc) is 2.05. The van der Waals surface area contributed by atoms with Crippen molar-refractivity contribution < 1.29 is 19.8 Å². The first kappa shape index (κ1) is 11.9. The van der Waals surface area contributed by atoms with Crippen LogP contribution in [0.4, 0.5) is 0 Å². The van der Waals surface area contributed by atoms with Crippen molar-refractivity contribution in [3.8, 4) is 0 Å². The number of carboxylic acids is 1. The third-order valence-corrected chi connectivity index (χ3v) is 1.35. The molecule has 0 spiro atoms. The summed E-state index contributed by atoms with van der Waals surface area (Å²) in [5, 5.41) is 21.9. The Labute approximate surface area is 75.9 Å². The lowest BCUT2D eigenvalue weighted by atomic mass is 10.3. The second-order valence-corrected chi connectivity index (χ2v) is 2.40. The molecular weight excluding hydrogens is 176 g/mol. The average molecular weight is 190 g/mol. The monoisotopic (exact) mass is 190 g/mol. The minimum Gasteiger partial charge on any atom is -0.480 e. The van der Waals surface area contributed by atoms with Gasteiger partial charge in [-0.2, -0.15) is 0 Å². The molecule has 0 saturated carbocycles. The Balaban J connectivity index is 3.87. The van der Waals surface area contributed by atoms with E-state index in [0.29, 0.717) is 6.54 Å². The van der Waals surface area contributed by atoms with Crippen LogP contribution in [0.1, 0.15) is 6.92 Å². The van der Waals surface area contributed by atoms with Crippen molar-refractivity contribution in [2.24, 2.45) is 0 Å². The van der Waals surface area contributed by atoms with Gasteiger partial charge in [-0.3, -0.25) is 14.9 Å². The number of aliphatic hydroxyl groups is 1. The van der Waals surface area contributed by atoms with Crippen LogP contribution in [0.5, 0.6) is 0 Å². The lowest BCUT2D eigenvalue weighted by Gasteiger charge is -2.13. The van der Waals surface area contributed by atoms with Crippen molar-refractivity contribution >= 4 is 11.9 Å². The number of aliphatic carboxylic acids is 1. The van der Waals surface area contributed by atoms with Crippen LogP contribution in [0, 0.1) is 0 Å². The van der Waals surface area contributed by atoms with Crippen molar-refractivity contribution in [2.75, 3.05) is 19.7 Å². The van der Waals surface area contributed by atoms with E-state index in [4.69, 9.17) is 10.2 Å². The van der Waals surface area contributed by atoms with E-state index in [0.717, 1.165) is 0 Å². The van der Waals surface area contributed by atoms with E-state index in [9.17, 15) is 9.59 Å². The van der Waals surface area contributed by atoms with Crippen molar-refractivity contribution in [2.45, 2.75) is 13.0 Å². The molecule has 0 saturated heterocycles. The van der Waals surface area contributed by atoms with Gasteiger partial charge in [-0.25, -0.2) is 0 Å². The van der Waals surface area contributed by atoms with Gasteiger partial charge >= 0.3 is 5.97 Å². The maximum atomic E-state index is 11.1. The molecule has 13 heavy (non-hydrogen) atoms. The second-order valence-electron chi connectivity index (χ2n) is 2.40. The van der Waals surface area contributed by atoms with Crippen LogP contribution in [0.3, 0.4) is 0 Å². The van der Waals surface area contributed by atoms with Gasteiger partial charge in [-0.1, -0.05) is 0 Å². The molecule has 0 aromatic carbocycles. The molecule has 0 aliphatic carbocycles. The van der Waals surface area contributed by atoms with Gasteiger partial charge < -0.3 is 15.5 Å². The van der Waals surface area contributed by atoms with E-state index in [1.54, 1.807) is 6.92 Å². The highest BCUT2D eigenvalue weighted by atomic mass is 16.4. The first-order valence-corrected chi connectivity index (χ1v) is 3.95. The molecule has 0 aromatic rings. The number of aliphatic hydroxyl groups excluding tert-OH is 1. The van der Waals surface area contributed by atoms with Crippen molar-refractivity contribution in [3.05, 3.63) is 0 Å². The molecule has 0 bridgehead atoms. The van der Waals surface area contributed by atoms with Crippen molar-refractivity contribution in [1.29, 1.82) is 0 Å². The Morgan fingerprint density at radius 2 is 2.08 bits per heavy atom. The maximum absolute atomic E-state index is 11.1. The molecule has 1 amide bonds. The molecule has 76 valence electrons. The standard InChI is InChI=1S/C7H14N2O4/c1-2-8-7(13)5(4-10)9-3-6(11)12/h5,9-10H,2-4H2,1H3,(H,8,13)(H,11,12). The fraction of sp³-hybridized carbons (Fsp3) is 0.714. The molecule has 1 unspecified atom stereocenters. The summed E-state index contributed by atoms with van der Waals surface area (Å²) in [6.07, 6.45) is 0. The lowest BCUT2D eigenvalue weighted by molar-refractivity contribution is -0.136. The van der Waals surface area contributed by atoms with Crippen molar-refractivity contribution in [1.82, 2.24) is 10.6 Å². The molecule has 0 fully saturated rings. The second kappa shape index (κ2) is 6.38. The number of likely N-dealkylation sites (N-methyl/N-ethyl adjacent to an activating group) is 1. The van der Waals surface area contributed by atoms with E-state index >= 15 is 0 Å². The zero-order valence-electron chi connectivity index (χ0n) is 7.41. The number of rotatable bonds is 6. The number of carboxylic acid groups (broad SMARTS) is 1. The molecule has 0 heterocycles. The normalized spacial score (nSPS) is 12.2. The molecule has 0 aliphatic rings. The minimum absolute atomic E-state index is 0.345. The summed E-state index contributed by atoms with van der Waals surface area (Å²) in [7, 11) is 0. The third kappa shape index (κ3) is 5.15. The van der Waals surface area contributed by atoms with E-state index in [1.807, 2.05) is 0 Å². The highest BCUT2D eigenvalue weighted by Gasteiger charge is 2.16. The van der Waals surface area contributed by atoms with E-state index in [2.05, 4.69) is 10.6 Å². The predicted molar refractivity (Wildman–Crippen MR) is 45.2 cm³/mol. The van der Waals surface area contributed by atoms with Crippen LogP contribution >= 0.6 is 0 Å². The van der Waals surface area contributed by atoms with Gasteiger partial charge in [0.2, 0.25) is 5.91 Å². The van der Waals surface area contributed by atoms with E-state index in [1.165, 1.54) is 0 Å². The summed E-state index contributed by atoms with van der Waals surface area (Å²) in [6, 6.07) is -0.851. The van der Waals surface area contributed by atoms with Crippen LogP contribution < -0.4 is 10.6 Å². The van der Waals surface area contributed by atoms with Crippen LogP contribution in [0.15, 0.2) is 0 Å². The molecule has 0 aliphatic heterocycles. The molecular formula is C7H14N2O4. The number of hydrogen-bond donors (Lipinski definition) is 4. The van der Waals surface area contributed by atoms with Crippen molar-refractivity contribution in [3.63, 3.8) is 0 Å². The van der Waals surface area contributed by atoms with Gasteiger partial charge in [-0.05, 0) is 6.92 Å². The Hall–Kier alpha value is -1.14. The first-order chi connectivity index (χ1) is 6.11. The van der Waals surface area contributed by atoms with E-state index < -0.39 is 24.5 Å².